The van der Waals surface area contributed by atoms with Gasteiger partial charge in [-0.25, -0.2) is 13.2 Å². The predicted octanol–water partition coefficient (Wildman–Crippen LogP) is 2.46. The number of carbonyl (C=O) groups is 1. The molecule has 1 aromatic heterocycles. The zero-order valence-electron chi connectivity index (χ0n) is 10.7. The van der Waals surface area contributed by atoms with Gasteiger partial charge in [0.15, 0.2) is 9.84 Å². The maximum absolute atomic E-state index is 11.3. The number of hydrogen-bond donors (Lipinski definition) is 2. The number of carboxylic acid groups (broad SMARTS) is 1. The Morgan fingerprint density at radius 2 is 1.85 bits per heavy atom. The summed E-state index contributed by atoms with van der Waals surface area (Å²) in [5.74, 6) is -0.932. The van der Waals surface area contributed by atoms with E-state index in [0.29, 0.717) is 11.4 Å². The molecule has 1 aromatic carbocycles. The molecular weight excluding hydrogens is 298 g/mol. The van der Waals surface area contributed by atoms with Crippen LogP contribution in [0.15, 0.2) is 41.3 Å². The SMILES string of the molecule is CS(=O)(=O)c1ccc(NCc2ccc(C(=O)O)s2)cc1. The van der Waals surface area contributed by atoms with Gasteiger partial charge in [0, 0.05) is 23.4 Å². The molecule has 2 N–H and O–H groups in total. The molecule has 0 saturated heterocycles. The fraction of sp³-hybridized carbons (Fsp3) is 0.154. The molecule has 1 heterocycles. The highest BCUT2D eigenvalue weighted by Crippen LogP contribution is 2.19. The molecule has 0 unspecified atom stereocenters. The van der Waals surface area contributed by atoms with Gasteiger partial charge in [-0.15, -0.1) is 11.3 Å². The minimum absolute atomic E-state index is 0.271. The maximum Gasteiger partial charge on any atom is 0.345 e. The summed E-state index contributed by atoms with van der Waals surface area (Å²) in [6.45, 7) is 0.496. The van der Waals surface area contributed by atoms with Gasteiger partial charge in [-0.1, -0.05) is 0 Å². The Hall–Kier alpha value is -1.86. The van der Waals surface area contributed by atoms with Crippen LogP contribution in [0.4, 0.5) is 5.69 Å². The average Bonchev–Trinajstić information content (AvgIpc) is 2.85. The van der Waals surface area contributed by atoms with Crippen LogP contribution in [0.5, 0.6) is 0 Å². The minimum atomic E-state index is -3.18. The van der Waals surface area contributed by atoms with Crippen molar-refractivity contribution in [3.8, 4) is 0 Å². The van der Waals surface area contributed by atoms with Crippen LogP contribution < -0.4 is 5.32 Å². The Bertz CT molecular complexity index is 717. The smallest absolute Gasteiger partial charge is 0.345 e. The lowest BCUT2D eigenvalue weighted by atomic mass is 10.3. The summed E-state index contributed by atoms with van der Waals surface area (Å²) in [6.07, 6.45) is 1.16. The summed E-state index contributed by atoms with van der Waals surface area (Å²) in [4.78, 5) is 12.2. The van der Waals surface area contributed by atoms with Crippen LogP contribution in [0.1, 0.15) is 14.5 Å². The van der Waals surface area contributed by atoms with Gasteiger partial charge in [0.1, 0.15) is 4.88 Å². The molecule has 20 heavy (non-hydrogen) atoms. The Morgan fingerprint density at radius 1 is 1.20 bits per heavy atom. The van der Waals surface area contributed by atoms with E-state index < -0.39 is 15.8 Å². The lowest BCUT2D eigenvalue weighted by molar-refractivity contribution is 0.0702. The van der Waals surface area contributed by atoms with Crippen LogP contribution in [-0.4, -0.2) is 25.7 Å². The average molecular weight is 311 g/mol. The Labute approximate surface area is 120 Å². The van der Waals surface area contributed by atoms with Crippen molar-refractivity contribution in [3.05, 3.63) is 46.2 Å². The molecule has 106 valence electrons. The Balaban J connectivity index is 2.02. The Morgan fingerprint density at radius 3 is 2.35 bits per heavy atom. The first-order valence-electron chi connectivity index (χ1n) is 5.72. The lowest BCUT2D eigenvalue weighted by Crippen LogP contribution is -1.99. The van der Waals surface area contributed by atoms with Gasteiger partial charge >= 0.3 is 5.97 Å². The molecule has 2 rings (SSSR count). The summed E-state index contributed by atoms with van der Waals surface area (Å²) in [5.41, 5.74) is 0.780. The second-order valence-electron chi connectivity index (χ2n) is 4.22. The number of aromatic carboxylic acids is 1. The number of benzene rings is 1. The molecule has 0 aliphatic rings. The number of nitrogens with one attached hydrogen (secondary N) is 1. The first-order valence-corrected chi connectivity index (χ1v) is 8.43. The fourth-order valence-electron chi connectivity index (χ4n) is 1.60. The highest BCUT2D eigenvalue weighted by Gasteiger charge is 2.08. The fourth-order valence-corrected chi connectivity index (χ4v) is 3.01. The van der Waals surface area contributed by atoms with E-state index in [2.05, 4.69) is 5.32 Å². The number of sulfone groups is 1. The van der Waals surface area contributed by atoms with Gasteiger partial charge in [-0.3, -0.25) is 0 Å². The number of anilines is 1. The van der Waals surface area contributed by atoms with Gasteiger partial charge in [0.2, 0.25) is 0 Å². The summed E-state index contributed by atoms with van der Waals surface area (Å²) in [7, 11) is -3.18. The number of rotatable bonds is 5. The molecule has 0 aliphatic heterocycles. The van der Waals surface area contributed by atoms with Crippen molar-refractivity contribution in [1.82, 2.24) is 0 Å². The van der Waals surface area contributed by atoms with Gasteiger partial charge in [0.05, 0.1) is 4.90 Å². The van der Waals surface area contributed by atoms with Crippen molar-refractivity contribution < 1.29 is 18.3 Å². The largest absolute Gasteiger partial charge is 0.477 e. The van der Waals surface area contributed by atoms with Crippen molar-refractivity contribution in [2.75, 3.05) is 11.6 Å². The number of thiophene rings is 1. The van der Waals surface area contributed by atoms with Gasteiger partial charge in [-0.05, 0) is 36.4 Å². The second-order valence-corrected chi connectivity index (χ2v) is 7.41. The second kappa shape index (κ2) is 5.64. The van der Waals surface area contributed by atoms with E-state index >= 15 is 0 Å². The van der Waals surface area contributed by atoms with Crippen molar-refractivity contribution >= 4 is 32.8 Å². The topological polar surface area (TPSA) is 83.5 Å². The van der Waals surface area contributed by atoms with E-state index in [-0.39, 0.29) is 4.90 Å². The number of carboxylic acids is 1. The molecule has 0 spiro atoms. The molecule has 5 nitrogen and oxygen atoms in total. The third-order valence-electron chi connectivity index (χ3n) is 2.62. The summed E-state index contributed by atoms with van der Waals surface area (Å²) >= 11 is 1.21. The van der Waals surface area contributed by atoms with E-state index in [1.807, 2.05) is 0 Å². The number of hydrogen-bond acceptors (Lipinski definition) is 5. The Kier molecular flexibility index (Phi) is 4.10. The third-order valence-corrected chi connectivity index (χ3v) is 4.82. The van der Waals surface area contributed by atoms with E-state index in [0.717, 1.165) is 16.8 Å². The molecule has 2 aromatic rings. The van der Waals surface area contributed by atoms with E-state index in [4.69, 9.17) is 5.11 Å². The first kappa shape index (κ1) is 14.5. The molecule has 0 fully saturated rings. The highest BCUT2D eigenvalue weighted by molar-refractivity contribution is 7.90. The quantitative estimate of drug-likeness (QED) is 0.886. The predicted molar refractivity (Wildman–Crippen MR) is 78.2 cm³/mol. The normalized spacial score (nSPS) is 11.2. The monoisotopic (exact) mass is 311 g/mol. The van der Waals surface area contributed by atoms with Crippen LogP contribution in [0.25, 0.3) is 0 Å². The van der Waals surface area contributed by atoms with E-state index in [1.54, 1.807) is 24.3 Å². The summed E-state index contributed by atoms with van der Waals surface area (Å²) in [6, 6.07) is 9.76. The van der Waals surface area contributed by atoms with Gasteiger partial charge in [-0.2, -0.15) is 0 Å². The summed E-state index contributed by atoms with van der Waals surface area (Å²) in [5, 5.41) is 11.9. The molecular formula is C13H13NO4S2. The van der Waals surface area contributed by atoms with Crippen LogP contribution >= 0.6 is 11.3 Å². The summed E-state index contributed by atoms with van der Waals surface area (Å²) < 4.78 is 22.6. The highest BCUT2D eigenvalue weighted by atomic mass is 32.2. The van der Waals surface area contributed by atoms with Crippen molar-refractivity contribution in [2.45, 2.75) is 11.4 Å². The van der Waals surface area contributed by atoms with Crippen molar-refractivity contribution in [2.24, 2.45) is 0 Å². The van der Waals surface area contributed by atoms with Crippen molar-refractivity contribution in [3.63, 3.8) is 0 Å². The molecule has 0 saturated carbocycles. The lowest BCUT2D eigenvalue weighted by Gasteiger charge is -2.05. The van der Waals surface area contributed by atoms with Gasteiger partial charge in [0.25, 0.3) is 0 Å². The van der Waals surface area contributed by atoms with Gasteiger partial charge < -0.3 is 10.4 Å². The molecule has 0 amide bonds. The minimum Gasteiger partial charge on any atom is -0.477 e. The maximum atomic E-state index is 11.3. The molecule has 0 aliphatic carbocycles. The molecule has 0 bridgehead atoms. The molecule has 0 atom stereocenters. The first-order chi connectivity index (χ1) is 9.36. The van der Waals surface area contributed by atoms with Crippen LogP contribution in [0, 0.1) is 0 Å². The van der Waals surface area contributed by atoms with Crippen LogP contribution in [0.3, 0.4) is 0 Å². The van der Waals surface area contributed by atoms with E-state index in [1.165, 1.54) is 23.5 Å². The standard InChI is InChI=1S/C13H13NO4S2/c1-20(17,18)11-5-2-9(3-6-11)14-8-10-4-7-12(19-10)13(15)16/h2-7,14H,8H2,1H3,(H,15,16). The van der Waals surface area contributed by atoms with Crippen LogP contribution in [0.2, 0.25) is 0 Å². The van der Waals surface area contributed by atoms with Crippen LogP contribution in [-0.2, 0) is 16.4 Å². The van der Waals surface area contributed by atoms with E-state index in [9.17, 15) is 13.2 Å². The van der Waals surface area contributed by atoms with Crippen molar-refractivity contribution in [1.29, 1.82) is 0 Å². The zero-order chi connectivity index (χ0) is 14.8. The third kappa shape index (κ3) is 3.58. The molecule has 7 heteroatoms. The zero-order valence-corrected chi connectivity index (χ0v) is 12.3. The molecule has 0 radical (unpaired) electrons.